The number of anilines is 2. The molecule has 0 aromatic heterocycles. The second kappa shape index (κ2) is 7.49. The van der Waals surface area contributed by atoms with E-state index in [9.17, 15) is 4.79 Å². The van der Waals surface area contributed by atoms with Gasteiger partial charge in [0.15, 0.2) is 0 Å². The standard InChI is InChI=1S/C17H27N3O2/c1-5-20-9-8-15(12(2)11-20)19-14-6-7-16(18-13(3)21)17(10-14)22-4/h6-7,10,12,15,19H,5,8-9,11H2,1-4H3,(H,18,21). The van der Waals surface area contributed by atoms with Gasteiger partial charge in [0.05, 0.1) is 12.8 Å². The van der Waals surface area contributed by atoms with Gasteiger partial charge in [-0.25, -0.2) is 0 Å². The van der Waals surface area contributed by atoms with Gasteiger partial charge in [-0.05, 0) is 31.0 Å². The first kappa shape index (κ1) is 16.6. The number of methoxy groups -OCH3 is 1. The Morgan fingerprint density at radius 2 is 2.23 bits per heavy atom. The van der Waals surface area contributed by atoms with Crippen LogP contribution in [0.4, 0.5) is 11.4 Å². The quantitative estimate of drug-likeness (QED) is 0.878. The topological polar surface area (TPSA) is 53.6 Å². The number of nitrogens with one attached hydrogen (secondary N) is 2. The molecule has 1 heterocycles. The van der Waals surface area contributed by atoms with E-state index >= 15 is 0 Å². The predicted molar refractivity (Wildman–Crippen MR) is 90.6 cm³/mol. The molecule has 5 nitrogen and oxygen atoms in total. The van der Waals surface area contributed by atoms with Crippen LogP contribution in [-0.4, -0.2) is 43.6 Å². The molecular weight excluding hydrogens is 278 g/mol. The van der Waals surface area contributed by atoms with Crippen molar-refractivity contribution in [2.75, 3.05) is 37.4 Å². The Labute approximate surface area is 133 Å². The Bertz CT molecular complexity index is 519. The smallest absolute Gasteiger partial charge is 0.221 e. The van der Waals surface area contributed by atoms with Crippen LogP contribution in [0.1, 0.15) is 27.2 Å². The van der Waals surface area contributed by atoms with Crippen LogP contribution in [0.2, 0.25) is 0 Å². The Hall–Kier alpha value is -1.75. The van der Waals surface area contributed by atoms with Crippen molar-refractivity contribution in [3.8, 4) is 5.75 Å². The summed E-state index contributed by atoms with van der Waals surface area (Å²) in [5.74, 6) is 1.19. The number of carbonyl (C=O) groups excluding carboxylic acids is 1. The van der Waals surface area contributed by atoms with Gasteiger partial charge in [0.25, 0.3) is 0 Å². The zero-order chi connectivity index (χ0) is 16.1. The molecule has 2 atom stereocenters. The zero-order valence-electron chi connectivity index (χ0n) is 14.0. The molecule has 22 heavy (non-hydrogen) atoms. The van der Waals surface area contributed by atoms with Crippen LogP contribution in [0.15, 0.2) is 18.2 Å². The van der Waals surface area contributed by atoms with Gasteiger partial charge in [0.1, 0.15) is 5.75 Å². The largest absolute Gasteiger partial charge is 0.494 e. The highest BCUT2D eigenvalue weighted by molar-refractivity contribution is 5.90. The third-order valence-corrected chi connectivity index (χ3v) is 4.30. The molecule has 0 saturated carbocycles. The van der Waals surface area contributed by atoms with Crippen molar-refractivity contribution in [3.05, 3.63) is 18.2 Å². The van der Waals surface area contributed by atoms with Crippen LogP contribution in [0, 0.1) is 5.92 Å². The molecule has 1 amide bonds. The van der Waals surface area contributed by atoms with Crippen molar-refractivity contribution in [2.24, 2.45) is 5.92 Å². The van der Waals surface area contributed by atoms with Gasteiger partial charge in [-0.15, -0.1) is 0 Å². The molecule has 2 unspecified atom stereocenters. The summed E-state index contributed by atoms with van der Waals surface area (Å²) in [6.45, 7) is 9.40. The second-order valence-corrected chi connectivity index (χ2v) is 6.01. The molecule has 2 N–H and O–H groups in total. The highest BCUT2D eigenvalue weighted by Crippen LogP contribution is 2.29. The van der Waals surface area contributed by atoms with Crippen LogP contribution in [0.5, 0.6) is 5.75 Å². The van der Waals surface area contributed by atoms with E-state index < -0.39 is 0 Å². The van der Waals surface area contributed by atoms with Gasteiger partial charge in [-0.1, -0.05) is 13.8 Å². The number of hydrogen-bond acceptors (Lipinski definition) is 4. The van der Waals surface area contributed by atoms with Gasteiger partial charge >= 0.3 is 0 Å². The van der Waals surface area contributed by atoms with Crippen molar-refractivity contribution in [2.45, 2.75) is 33.2 Å². The fourth-order valence-electron chi connectivity index (χ4n) is 3.02. The fourth-order valence-corrected chi connectivity index (χ4v) is 3.02. The first-order chi connectivity index (χ1) is 10.5. The Kier molecular flexibility index (Phi) is 5.66. The highest BCUT2D eigenvalue weighted by Gasteiger charge is 2.25. The second-order valence-electron chi connectivity index (χ2n) is 6.01. The molecule has 0 spiro atoms. The number of benzene rings is 1. The van der Waals surface area contributed by atoms with Crippen molar-refractivity contribution in [1.29, 1.82) is 0 Å². The maximum atomic E-state index is 11.2. The van der Waals surface area contributed by atoms with Crippen LogP contribution < -0.4 is 15.4 Å². The van der Waals surface area contributed by atoms with Crippen molar-refractivity contribution < 1.29 is 9.53 Å². The summed E-state index contributed by atoms with van der Waals surface area (Å²) in [6.07, 6.45) is 1.14. The number of rotatable bonds is 5. The van der Waals surface area contributed by atoms with Crippen molar-refractivity contribution in [3.63, 3.8) is 0 Å². The summed E-state index contributed by atoms with van der Waals surface area (Å²) in [7, 11) is 1.62. The lowest BCUT2D eigenvalue weighted by atomic mass is 9.93. The number of ether oxygens (including phenoxy) is 1. The van der Waals surface area contributed by atoms with Crippen LogP contribution in [0.25, 0.3) is 0 Å². The van der Waals surface area contributed by atoms with E-state index in [0.717, 1.165) is 31.7 Å². The van der Waals surface area contributed by atoms with Crippen molar-refractivity contribution >= 4 is 17.3 Å². The predicted octanol–water partition coefficient (Wildman–Crippen LogP) is 2.80. The third-order valence-electron chi connectivity index (χ3n) is 4.30. The lowest BCUT2D eigenvalue weighted by Gasteiger charge is -2.37. The zero-order valence-corrected chi connectivity index (χ0v) is 14.0. The lowest BCUT2D eigenvalue weighted by Crippen LogP contribution is -2.45. The monoisotopic (exact) mass is 305 g/mol. The first-order valence-corrected chi connectivity index (χ1v) is 7.98. The molecule has 122 valence electrons. The maximum Gasteiger partial charge on any atom is 0.221 e. The number of nitrogens with zero attached hydrogens (tertiary/aromatic N) is 1. The molecule has 0 radical (unpaired) electrons. The van der Waals surface area contributed by atoms with E-state index in [2.05, 4.69) is 29.4 Å². The third kappa shape index (κ3) is 4.13. The molecule has 5 heteroatoms. The summed E-state index contributed by atoms with van der Waals surface area (Å²) in [5, 5.41) is 6.39. The summed E-state index contributed by atoms with van der Waals surface area (Å²) in [6, 6.07) is 6.30. The molecule has 1 aliphatic heterocycles. The molecule has 1 saturated heterocycles. The van der Waals surface area contributed by atoms with E-state index in [1.54, 1.807) is 7.11 Å². The highest BCUT2D eigenvalue weighted by atomic mass is 16.5. The minimum atomic E-state index is -0.0976. The Morgan fingerprint density at radius 1 is 1.45 bits per heavy atom. The van der Waals surface area contributed by atoms with E-state index in [1.807, 2.05) is 18.2 Å². The summed E-state index contributed by atoms with van der Waals surface area (Å²) in [5.41, 5.74) is 1.74. The minimum absolute atomic E-state index is 0.0976. The Morgan fingerprint density at radius 3 is 2.82 bits per heavy atom. The molecule has 1 fully saturated rings. The van der Waals surface area contributed by atoms with Gasteiger partial charge in [0.2, 0.25) is 5.91 Å². The Balaban J connectivity index is 2.05. The lowest BCUT2D eigenvalue weighted by molar-refractivity contribution is -0.114. The SMILES string of the molecule is CCN1CCC(Nc2ccc(NC(C)=O)c(OC)c2)C(C)C1. The normalized spacial score (nSPS) is 22.2. The van der Waals surface area contributed by atoms with E-state index in [1.165, 1.54) is 6.92 Å². The number of piperidine rings is 1. The van der Waals surface area contributed by atoms with Gasteiger partial charge < -0.3 is 20.3 Å². The van der Waals surface area contributed by atoms with Crippen LogP contribution >= 0.6 is 0 Å². The van der Waals surface area contributed by atoms with Gasteiger partial charge in [-0.3, -0.25) is 4.79 Å². The van der Waals surface area contributed by atoms with Crippen molar-refractivity contribution in [1.82, 2.24) is 4.90 Å². The first-order valence-electron chi connectivity index (χ1n) is 7.98. The minimum Gasteiger partial charge on any atom is -0.494 e. The molecule has 0 aliphatic carbocycles. The number of carbonyl (C=O) groups is 1. The molecule has 1 aromatic carbocycles. The van der Waals surface area contributed by atoms with Crippen LogP contribution in [-0.2, 0) is 4.79 Å². The molecule has 1 aliphatic rings. The summed E-state index contributed by atoms with van der Waals surface area (Å²) in [4.78, 5) is 13.7. The van der Waals surface area contributed by atoms with E-state index in [-0.39, 0.29) is 5.91 Å². The molecule has 1 aromatic rings. The number of amides is 1. The average molecular weight is 305 g/mol. The van der Waals surface area contributed by atoms with Gasteiger partial charge in [-0.2, -0.15) is 0 Å². The average Bonchev–Trinajstić information content (AvgIpc) is 2.50. The number of hydrogen-bond donors (Lipinski definition) is 2. The van der Waals surface area contributed by atoms with E-state index in [0.29, 0.717) is 23.4 Å². The summed E-state index contributed by atoms with van der Waals surface area (Å²) < 4.78 is 5.37. The fraction of sp³-hybridized carbons (Fsp3) is 0.588. The van der Waals surface area contributed by atoms with Gasteiger partial charge in [0, 0.05) is 37.8 Å². The van der Waals surface area contributed by atoms with E-state index in [4.69, 9.17) is 4.74 Å². The molecule has 0 bridgehead atoms. The summed E-state index contributed by atoms with van der Waals surface area (Å²) >= 11 is 0. The number of likely N-dealkylation sites (tertiary alicyclic amines) is 1. The maximum absolute atomic E-state index is 11.2. The molecule has 2 rings (SSSR count). The molecular formula is C17H27N3O2. The van der Waals surface area contributed by atoms with Crippen LogP contribution in [0.3, 0.4) is 0 Å².